The van der Waals surface area contributed by atoms with Crippen LogP contribution in [-0.2, 0) is 27.4 Å². The van der Waals surface area contributed by atoms with Crippen LogP contribution in [-0.4, -0.2) is 48.1 Å². The highest BCUT2D eigenvalue weighted by atomic mass is 32.2. The van der Waals surface area contributed by atoms with Crippen molar-refractivity contribution >= 4 is 21.9 Å². The van der Waals surface area contributed by atoms with E-state index in [1.54, 1.807) is 24.3 Å². The zero-order valence-corrected chi connectivity index (χ0v) is 17.1. The van der Waals surface area contributed by atoms with Gasteiger partial charge >= 0.3 is 6.18 Å². The van der Waals surface area contributed by atoms with Crippen LogP contribution >= 0.6 is 0 Å². The first-order valence-electron chi connectivity index (χ1n) is 9.05. The van der Waals surface area contributed by atoms with Gasteiger partial charge in [-0.05, 0) is 53.6 Å². The topological polar surface area (TPSA) is 139 Å². The fourth-order valence-electron chi connectivity index (χ4n) is 2.55. The van der Waals surface area contributed by atoms with E-state index < -0.39 is 27.7 Å². The molecule has 0 unspecified atom stereocenters. The largest absolute Gasteiger partial charge is 0.484 e. The molecule has 0 saturated carbocycles. The van der Waals surface area contributed by atoms with E-state index in [1.807, 2.05) is 0 Å². The number of anilines is 1. The summed E-state index contributed by atoms with van der Waals surface area (Å²) in [5, 5.41) is 15.0. The molecule has 0 aliphatic rings. The standard InChI is InChI=1S/C18H17F3N6O4S/c19-18(20,21)13-4-6-15(7-5-13)32(29,30)22-9-8-12-2-1-3-14(10-12)31-11-16(28)23-17-24-26-27-25-17/h1-7,10,22H,8-9,11H2,(H2,23,24,25,26,27,28). The lowest BCUT2D eigenvalue weighted by atomic mass is 10.1. The molecular formula is C18H17F3N6O4S. The Bertz CT molecular complexity index is 1150. The number of carbonyl (C=O) groups excluding carboxylic acids is 1. The van der Waals surface area contributed by atoms with Gasteiger partial charge in [-0.1, -0.05) is 17.2 Å². The number of hydrogen-bond acceptors (Lipinski definition) is 7. The maximum Gasteiger partial charge on any atom is 0.416 e. The molecular weight excluding hydrogens is 453 g/mol. The highest BCUT2D eigenvalue weighted by Gasteiger charge is 2.30. The number of alkyl halides is 3. The molecule has 0 atom stereocenters. The third-order valence-electron chi connectivity index (χ3n) is 4.06. The number of ether oxygens (including phenoxy) is 1. The van der Waals surface area contributed by atoms with Crippen molar-refractivity contribution in [2.45, 2.75) is 17.5 Å². The Morgan fingerprint density at radius 2 is 1.88 bits per heavy atom. The molecule has 0 radical (unpaired) electrons. The average Bonchev–Trinajstić information content (AvgIpc) is 3.25. The van der Waals surface area contributed by atoms with Gasteiger partial charge in [0.05, 0.1) is 10.5 Å². The van der Waals surface area contributed by atoms with E-state index in [9.17, 15) is 26.4 Å². The number of rotatable bonds is 9. The quantitative estimate of drug-likeness (QED) is 0.433. The third-order valence-corrected chi connectivity index (χ3v) is 5.54. The minimum Gasteiger partial charge on any atom is -0.484 e. The van der Waals surface area contributed by atoms with Crippen LogP contribution in [0.1, 0.15) is 11.1 Å². The maximum absolute atomic E-state index is 12.6. The second-order valence-corrected chi connectivity index (χ2v) is 8.16. The van der Waals surface area contributed by atoms with Crippen LogP contribution in [0.5, 0.6) is 5.75 Å². The van der Waals surface area contributed by atoms with Crippen LogP contribution in [0.25, 0.3) is 0 Å². The summed E-state index contributed by atoms with van der Waals surface area (Å²) < 4.78 is 70.1. The van der Waals surface area contributed by atoms with Gasteiger partial charge in [-0.2, -0.15) is 18.4 Å². The van der Waals surface area contributed by atoms with Crippen molar-refractivity contribution in [3.8, 4) is 5.75 Å². The number of hydrogen-bond donors (Lipinski definition) is 3. The second-order valence-electron chi connectivity index (χ2n) is 6.39. The summed E-state index contributed by atoms with van der Waals surface area (Å²) in [4.78, 5) is 11.5. The molecule has 0 bridgehead atoms. The molecule has 14 heteroatoms. The first kappa shape index (κ1) is 23.1. The molecule has 10 nitrogen and oxygen atoms in total. The predicted molar refractivity (Wildman–Crippen MR) is 105 cm³/mol. The maximum atomic E-state index is 12.6. The zero-order chi connectivity index (χ0) is 23.2. The number of nitrogens with zero attached hydrogens (tertiary/aromatic N) is 3. The van der Waals surface area contributed by atoms with E-state index >= 15 is 0 Å². The number of carbonyl (C=O) groups is 1. The van der Waals surface area contributed by atoms with Gasteiger partial charge in [0.2, 0.25) is 10.0 Å². The van der Waals surface area contributed by atoms with E-state index in [2.05, 4.69) is 30.7 Å². The summed E-state index contributed by atoms with van der Waals surface area (Å²) in [7, 11) is -3.97. The monoisotopic (exact) mass is 470 g/mol. The van der Waals surface area contributed by atoms with E-state index in [0.29, 0.717) is 17.9 Å². The van der Waals surface area contributed by atoms with Gasteiger partial charge in [0.15, 0.2) is 6.61 Å². The van der Waals surface area contributed by atoms with Crippen LogP contribution in [0, 0.1) is 0 Å². The Kier molecular flexibility index (Phi) is 7.05. The van der Waals surface area contributed by atoms with E-state index in [1.165, 1.54) is 0 Å². The van der Waals surface area contributed by atoms with Gasteiger partial charge in [0.25, 0.3) is 11.9 Å². The van der Waals surface area contributed by atoms with E-state index in [0.717, 1.165) is 17.7 Å². The van der Waals surface area contributed by atoms with Gasteiger partial charge in [-0.15, -0.1) is 5.10 Å². The molecule has 32 heavy (non-hydrogen) atoms. The molecule has 3 N–H and O–H groups in total. The van der Waals surface area contributed by atoms with Gasteiger partial charge < -0.3 is 4.74 Å². The van der Waals surface area contributed by atoms with Crippen LogP contribution in [0.2, 0.25) is 0 Å². The molecule has 0 fully saturated rings. The van der Waals surface area contributed by atoms with E-state index in [-0.39, 0.29) is 30.4 Å². The minimum atomic E-state index is -4.55. The first-order chi connectivity index (χ1) is 15.1. The lowest BCUT2D eigenvalue weighted by molar-refractivity contribution is -0.137. The number of amides is 1. The summed E-state index contributed by atoms with van der Waals surface area (Å²) in [6.07, 6.45) is -4.26. The molecule has 3 aromatic rings. The number of tetrazole rings is 1. The van der Waals surface area contributed by atoms with Crippen molar-refractivity contribution < 1.29 is 31.1 Å². The van der Waals surface area contributed by atoms with Crippen molar-refractivity contribution in [2.75, 3.05) is 18.5 Å². The fraction of sp³-hybridized carbons (Fsp3) is 0.222. The summed E-state index contributed by atoms with van der Waals surface area (Å²) in [5.41, 5.74) is -0.213. The van der Waals surface area contributed by atoms with Crippen molar-refractivity contribution in [2.24, 2.45) is 0 Å². The van der Waals surface area contributed by atoms with Crippen LogP contribution in [0.3, 0.4) is 0 Å². The molecule has 1 amide bonds. The highest BCUT2D eigenvalue weighted by Crippen LogP contribution is 2.29. The number of aromatic amines is 1. The molecule has 1 heterocycles. The second kappa shape index (κ2) is 9.74. The predicted octanol–water partition coefficient (Wildman–Crippen LogP) is 1.76. The third kappa shape index (κ3) is 6.49. The number of benzene rings is 2. The Morgan fingerprint density at radius 3 is 2.53 bits per heavy atom. The van der Waals surface area contributed by atoms with Gasteiger partial charge in [0.1, 0.15) is 5.75 Å². The van der Waals surface area contributed by atoms with Crippen LogP contribution < -0.4 is 14.8 Å². The highest BCUT2D eigenvalue weighted by molar-refractivity contribution is 7.89. The van der Waals surface area contributed by atoms with Gasteiger partial charge in [0, 0.05) is 6.54 Å². The number of halogens is 3. The lowest BCUT2D eigenvalue weighted by Gasteiger charge is -2.10. The molecule has 170 valence electrons. The SMILES string of the molecule is O=C(COc1cccc(CCNS(=O)(=O)c2ccc(C(F)(F)F)cc2)c1)Nc1nn[nH]n1. The number of aromatic nitrogens is 4. The number of nitrogens with one attached hydrogen (secondary N) is 3. The fourth-order valence-corrected chi connectivity index (χ4v) is 3.58. The van der Waals surface area contributed by atoms with Crippen molar-refractivity contribution in [1.29, 1.82) is 0 Å². The van der Waals surface area contributed by atoms with Gasteiger partial charge in [-0.25, -0.2) is 13.1 Å². The van der Waals surface area contributed by atoms with Crippen molar-refractivity contribution in [3.05, 3.63) is 59.7 Å². The van der Waals surface area contributed by atoms with Crippen LogP contribution in [0.15, 0.2) is 53.4 Å². The molecule has 0 aliphatic heterocycles. The Hall–Kier alpha value is -3.52. The average molecular weight is 470 g/mol. The first-order valence-corrected chi connectivity index (χ1v) is 10.5. The molecule has 0 saturated heterocycles. The smallest absolute Gasteiger partial charge is 0.416 e. The number of sulfonamides is 1. The van der Waals surface area contributed by atoms with Gasteiger partial charge in [-0.3, -0.25) is 10.1 Å². The molecule has 2 aromatic carbocycles. The number of H-pyrrole nitrogens is 1. The van der Waals surface area contributed by atoms with E-state index in [4.69, 9.17) is 4.74 Å². The summed E-state index contributed by atoms with van der Waals surface area (Å²) in [6, 6.07) is 9.89. The normalized spacial score (nSPS) is 11.8. The lowest BCUT2D eigenvalue weighted by Crippen LogP contribution is -2.26. The van der Waals surface area contributed by atoms with Crippen LogP contribution in [0.4, 0.5) is 19.1 Å². The molecule has 0 aliphatic carbocycles. The Balaban J connectivity index is 1.50. The Morgan fingerprint density at radius 1 is 1.12 bits per heavy atom. The summed E-state index contributed by atoms with van der Waals surface area (Å²) in [6.45, 7) is -0.302. The summed E-state index contributed by atoms with van der Waals surface area (Å²) in [5.74, 6) is -0.106. The minimum absolute atomic E-state index is 0.00508. The molecule has 1 aromatic heterocycles. The van der Waals surface area contributed by atoms with Crippen molar-refractivity contribution in [3.63, 3.8) is 0 Å². The molecule has 3 rings (SSSR count). The Labute approximate surface area is 180 Å². The molecule has 0 spiro atoms. The summed E-state index contributed by atoms with van der Waals surface area (Å²) >= 11 is 0. The zero-order valence-electron chi connectivity index (χ0n) is 16.3. The van der Waals surface area contributed by atoms with Crippen molar-refractivity contribution in [1.82, 2.24) is 25.3 Å².